The van der Waals surface area contributed by atoms with Gasteiger partial charge >= 0.3 is 0 Å². The van der Waals surface area contributed by atoms with E-state index in [1.165, 1.54) is 23.7 Å². The van der Waals surface area contributed by atoms with E-state index in [0.717, 1.165) is 10.7 Å². The van der Waals surface area contributed by atoms with Crippen molar-refractivity contribution in [3.8, 4) is 11.5 Å². The number of carbonyl (C=O) groups excluding carboxylic acids is 1. The van der Waals surface area contributed by atoms with Crippen LogP contribution in [-0.2, 0) is 0 Å². The molecule has 2 N–H and O–H groups in total. The molecule has 0 spiro atoms. The van der Waals surface area contributed by atoms with Crippen LogP contribution in [0.15, 0.2) is 45.1 Å². The van der Waals surface area contributed by atoms with Gasteiger partial charge in [-0.3, -0.25) is 9.59 Å². The molecule has 0 aliphatic rings. The van der Waals surface area contributed by atoms with E-state index in [0.29, 0.717) is 11.5 Å². The highest BCUT2D eigenvalue weighted by Gasteiger charge is 2.16. The number of furan rings is 1. The number of amides is 1. The normalized spacial score (nSPS) is 12.1. The lowest BCUT2D eigenvalue weighted by molar-refractivity contribution is 0.0937. The van der Waals surface area contributed by atoms with E-state index in [9.17, 15) is 9.59 Å². The molecule has 3 heterocycles. The molecule has 1 amide bonds. The number of hydrogen-bond acceptors (Lipinski definition) is 5. The van der Waals surface area contributed by atoms with Crippen LogP contribution in [0.2, 0.25) is 0 Å². The Morgan fingerprint density at radius 3 is 2.83 bits per heavy atom. The van der Waals surface area contributed by atoms with Gasteiger partial charge in [-0.1, -0.05) is 0 Å². The molecule has 0 saturated carbocycles. The second kappa shape index (κ2) is 6.21. The number of rotatable bonds is 4. The Labute approximate surface area is 136 Å². The first-order valence-corrected chi connectivity index (χ1v) is 7.92. The van der Waals surface area contributed by atoms with Gasteiger partial charge in [-0.15, -0.1) is 11.3 Å². The van der Waals surface area contributed by atoms with E-state index in [1.807, 2.05) is 19.2 Å². The van der Waals surface area contributed by atoms with E-state index in [1.54, 1.807) is 18.2 Å². The molecule has 23 heavy (non-hydrogen) atoms. The summed E-state index contributed by atoms with van der Waals surface area (Å²) in [5.41, 5.74) is 0.904. The van der Waals surface area contributed by atoms with Gasteiger partial charge in [0.05, 0.1) is 28.7 Å². The molecule has 0 bridgehead atoms. The first-order valence-electron chi connectivity index (χ1n) is 7.04. The van der Waals surface area contributed by atoms with Gasteiger partial charge in [-0.2, -0.15) is 0 Å². The largest absolute Gasteiger partial charge is 0.463 e. The lowest BCUT2D eigenvalue weighted by Crippen LogP contribution is -2.31. The Morgan fingerprint density at radius 2 is 2.22 bits per heavy atom. The number of aromatic amines is 1. The molecule has 0 radical (unpaired) electrons. The number of carbonyl (C=O) groups is 1. The summed E-state index contributed by atoms with van der Waals surface area (Å²) in [4.78, 5) is 31.4. The van der Waals surface area contributed by atoms with E-state index in [-0.39, 0.29) is 11.6 Å². The number of pyridine rings is 1. The fourth-order valence-electron chi connectivity index (χ4n) is 2.16. The number of aromatic nitrogens is 2. The molecule has 1 unspecified atom stereocenters. The molecule has 3 aromatic heterocycles. The van der Waals surface area contributed by atoms with Crippen molar-refractivity contribution in [1.29, 1.82) is 0 Å². The number of aryl methyl sites for hydroxylation is 1. The quantitative estimate of drug-likeness (QED) is 0.770. The van der Waals surface area contributed by atoms with Gasteiger partial charge in [0.15, 0.2) is 0 Å². The van der Waals surface area contributed by atoms with Crippen molar-refractivity contribution < 1.29 is 9.21 Å². The highest BCUT2D eigenvalue weighted by Crippen LogP contribution is 2.17. The average Bonchev–Trinajstić information content (AvgIpc) is 3.18. The maximum absolute atomic E-state index is 12.3. The molecule has 3 rings (SSSR count). The Bertz CT molecular complexity index is 880. The molecule has 3 aromatic rings. The zero-order valence-corrected chi connectivity index (χ0v) is 13.4. The molecule has 6 nitrogen and oxygen atoms in total. The number of thiazole rings is 1. The van der Waals surface area contributed by atoms with E-state index < -0.39 is 11.5 Å². The third-order valence-electron chi connectivity index (χ3n) is 3.37. The lowest BCUT2D eigenvalue weighted by atomic mass is 10.2. The van der Waals surface area contributed by atoms with E-state index in [2.05, 4.69) is 15.3 Å². The highest BCUT2D eigenvalue weighted by molar-refractivity contribution is 7.09. The van der Waals surface area contributed by atoms with E-state index >= 15 is 0 Å². The SMILES string of the molecule is Cc1nc(C(C)NC(=O)c2ccc(-c3ccco3)[nH]c2=O)cs1. The Balaban J connectivity index is 1.78. The maximum atomic E-state index is 12.3. The number of hydrogen-bond donors (Lipinski definition) is 2. The van der Waals surface area contributed by atoms with Crippen LogP contribution in [0.25, 0.3) is 11.5 Å². The molecular weight excluding hydrogens is 314 g/mol. The van der Waals surface area contributed by atoms with Crippen molar-refractivity contribution in [2.75, 3.05) is 0 Å². The minimum atomic E-state index is -0.460. The molecule has 0 aliphatic heterocycles. The Hall–Kier alpha value is -2.67. The third-order valence-corrected chi connectivity index (χ3v) is 4.16. The van der Waals surface area contributed by atoms with Crippen molar-refractivity contribution in [3.63, 3.8) is 0 Å². The summed E-state index contributed by atoms with van der Waals surface area (Å²) in [5.74, 6) is 0.107. The number of nitrogens with zero attached hydrogens (tertiary/aromatic N) is 1. The summed E-state index contributed by atoms with van der Waals surface area (Å²) < 4.78 is 5.22. The molecule has 0 aliphatic carbocycles. The zero-order valence-electron chi connectivity index (χ0n) is 12.6. The molecule has 118 valence electrons. The van der Waals surface area contributed by atoms with Crippen molar-refractivity contribution in [1.82, 2.24) is 15.3 Å². The predicted octanol–water partition coefficient (Wildman–Crippen LogP) is 2.89. The molecule has 1 atom stereocenters. The van der Waals surface area contributed by atoms with Gasteiger partial charge in [-0.25, -0.2) is 4.98 Å². The minimum Gasteiger partial charge on any atom is -0.463 e. The summed E-state index contributed by atoms with van der Waals surface area (Å²) in [7, 11) is 0. The minimum absolute atomic E-state index is 0.0547. The molecule has 0 saturated heterocycles. The van der Waals surface area contributed by atoms with Crippen LogP contribution >= 0.6 is 11.3 Å². The first kappa shape index (κ1) is 15.2. The number of H-pyrrole nitrogens is 1. The molecular formula is C16H15N3O3S. The summed E-state index contributed by atoms with van der Waals surface area (Å²) >= 11 is 1.52. The van der Waals surface area contributed by atoms with Crippen molar-refractivity contribution in [2.24, 2.45) is 0 Å². The summed E-state index contributed by atoms with van der Waals surface area (Å²) in [6, 6.07) is 6.33. The van der Waals surface area contributed by atoms with Crippen LogP contribution in [-0.4, -0.2) is 15.9 Å². The standard InChI is InChI=1S/C16H15N3O3S/c1-9(13-8-23-10(2)18-13)17-15(20)11-5-6-12(19-16(11)21)14-4-3-7-22-14/h3-9H,1-2H3,(H,17,20)(H,19,21). The highest BCUT2D eigenvalue weighted by atomic mass is 32.1. The monoisotopic (exact) mass is 329 g/mol. The summed E-state index contributed by atoms with van der Waals surface area (Å²) in [5, 5.41) is 5.61. The van der Waals surface area contributed by atoms with Crippen molar-refractivity contribution >= 4 is 17.2 Å². The van der Waals surface area contributed by atoms with Crippen LogP contribution in [0, 0.1) is 6.92 Å². The Kier molecular flexibility index (Phi) is 4.12. The fraction of sp³-hybridized carbons (Fsp3) is 0.188. The van der Waals surface area contributed by atoms with Crippen LogP contribution in [0.1, 0.15) is 34.0 Å². The van der Waals surface area contributed by atoms with Crippen molar-refractivity contribution in [2.45, 2.75) is 19.9 Å². The number of nitrogens with one attached hydrogen (secondary N) is 2. The lowest BCUT2D eigenvalue weighted by Gasteiger charge is -2.11. The van der Waals surface area contributed by atoms with E-state index in [4.69, 9.17) is 4.42 Å². The second-order valence-corrected chi connectivity index (χ2v) is 6.14. The van der Waals surface area contributed by atoms with Gasteiger partial charge in [-0.05, 0) is 38.1 Å². The maximum Gasteiger partial charge on any atom is 0.261 e. The van der Waals surface area contributed by atoms with Crippen LogP contribution in [0.4, 0.5) is 0 Å². The van der Waals surface area contributed by atoms with Crippen molar-refractivity contribution in [3.05, 3.63) is 62.5 Å². The molecule has 0 fully saturated rings. The second-order valence-electron chi connectivity index (χ2n) is 5.08. The van der Waals surface area contributed by atoms with Crippen LogP contribution in [0.5, 0.6) is 0 Å². The van der Waals surface area contributed by atoms with Crippen LogP contribution in [0.3, 0.4) is 0 Å². The van der Waals surface area contributed by atoms with Crippen LogP contribution < -0.4 is 10.9 Å². The molecule has 0 aromatic carbocycles. The zero-order chi connectivity index (χ0) is 16.4. The summed E-state index contributed by atoms with van der Waals surface area (Å²) in [6.45, 7) is 3.73. The van der Waals surface area contributed by atoms with Gasteiger partial charge < -0.3 is 14.7 Å². The topological polar surface area (TPSA) is 88.0 Å². The molecule has 7 heteroatoms. The fourth-order valence-corrected chi connectivity index (χ4v) is 2.86. The Morgan fingerprint density at radius 1 is 1.39 bits per heavy atom. The van der Waals surface area contributed by atoms with Gasteiger partial charge in [0.2, 0.25) is 0 Å². The van der Waals surface area contributed by atoms with Gasteiger partial charge in [0, 0.05) is 5.38 Å². The smallest absolute Gasteiger partial charge is 0.261 e. The predicted molar refractivity (Wildman–Crippen MR) is 87.5 cm³/mol. The summed E-state index contributed by atoms with van der Waals surface area (Å²) in [6.07, 6.45) is 1.52. The van der Waals surface area contributed by atoms with Gasteiger partial charge in [0.25, 0.3) is 11.5 Å². The third kappa shape index (κ3) is 3.24. The first-order chi connectivity index (χ1) is 11.0. The average molecular weight is 329 g/mol. The van der Waals surface area contributed by atoms with Gasteiger partial charge in [0.1, 0.15) is 11.3 Å².